The summed E-state index contributed by atoms with van der Waals surface area (Å²) in [4.78, 5) is 5.08. The Morgan fingerprint density at radius 1 is 0.400 bits per heavy atom. The van der Waals surface area contributed by atoms with Crippen LogP contribution in [0.5, 0.6) is 0 Å². The first-order valence-corrected chi connectivity index (χ1v) is 18.9. The highest BCUT2D eigenvalue weighted by Gasteiger charge is 2.44. The number of hydrogen-bond donors (Lipinski definition) is 0. The van der Waals surface area contributed by atoms with Crippen molar-refractivity contribution in [3.8, 4) is 0 Å². The van der Waals surface area contributed by atoms with Crippen molar-refractivity contribution in [3.05, 3.63) is 150 Å². The summed E-state index contributed by atoms with van der Waals surface area (Å²) in [5, 5.41) is 5.32. The summed E-state index contributed by atoms with van der Waals surface area (Å²) in [7, 11) is 0. The second-order valence-electron chi connectivity index (χ2n) is 14.0. The minimum atomic E-state index is 0.0817. The van der Waals surface area contributed by atoms with Gasteiger partial charge in [0.15, 0.2) is 0 Å². The molecule has 11 rings (SSSR count). The van der Waals surface area contributed by atoms with Gasteiger partial charge in [0, 0.05) is 74.5 Å². The number of rotatable bonds is 2. The van der Waals surface area contributed by atoms with Crippen LogP contribution in [0.4, 0.5) is 34.1 Å². The van der Waals surface area contributed by atoms with Crippen LogP contribution < -0.4 is 26.2 Å². The van der Waals surface area contributed by atoms with Crippen molar-refractivity contribution in [2.24, 2.45) is 0 Å². The Labute approximate surface area is 299 Å². The maximum absolute atomic E-state index is 2.54. The molecule has 0 aliphatic carbocycles. The van der Waals surface area contributed by atoms with Crippen molar-refractivity contribution >= 4 is 120 Å². The van der Waals surface area contributed by atoms with Crippen LogP contribution in [0.3, 0.4) is 0 Å². The van der Waals surface area contributed by atoms with Crippen LogP contribution in [-0.4, -0.2) is 6.71 Å². The molecule has 2 nitrogen and oxygen atoms in total. The van der Waals surface area contributed by atoms with Crippen LogP contribution in [0.2, 0.25) is 0 Å². The standard InChI is InChI=1S/C45H31BN2S2/c1-26-12-16-29(17-13-26)47-37-22-33-31-8-4-6-10-41(31)49-43(33)24-35(37)46-36-25-44-34(32-9-5-7-11-42(32)50-44)23-38(36)48(30-18-14-27(2)15-19-30)40-21-28(3)20-39(47)45(40)46/h4-25H,1-3H3. The van der Waals surface area contributed by atoms with Gasteiger partial charge in [-0.1, -0.05) is 71.8 Å². The van der Waals surface area contributed by atoms with Crippen molar-refractivity contribution in [2.45, 2.75) is 20.8 Å². The van der Waals surface area contributed by atoms with E-state index in [1.165, 1.54) is 108 Å². The van der Waals surface area contributed by atoms with Gasteiger partial charge in [-0.05, 0) is 116 Å². The molecule has 0 radical (unpaired) electrons. The lowest BCUT2D eigenvalue weighted by Crippen LogP contribution is -2.61. The van der Waals surface area contributed by atoms with Gasteiger partial charge in [0.05, 0.1) is 0 Å². The Morgan fingerprint density at radius 2 is 0.840 bits per heavy atom. The van der Waals surface area contributed by atoms with Gasteiger partial charge in [0.2, 0.25) is 0 Å². The first kappa shape index (κ1) is 28.5. The van der Waals surface area contributed by atoms with Gasteiger partial charge in [-0.3, -0.25) is 0 Å². The number of aryl methyl sites for hydroxylation is 3. The van der Waals surface area contributed by atoms with Gasteiger partial charge >= 0.3 is 0 Å². The van der Waals surface area contributed by atoms with E-state index in [1.807, 2.05) is 22.7 Å². The molecule has 0 bridgehead atoms. The van der Waals surface area contributed by atoms with E-state index >= 15 is 0 Å². The summed E-state index contributed by atoms with van der Waals surface area (Å²) >= 11 is 3.82. The molecule has 236 valence electrons. The van der Waals surface area contributed by atoms with E-state index < -0.39 is 0 Å². The first-order valence-electron chi connectivity index (χ1n) is 17.3. The number of fused-ring (bicyclic) bond motifs is 10. The fourth-order valence-electron chi connectivity index (χ4n) is 8.51. The van der Waals surface area contributed by atoms with E-state index in [-0.39, 0.29) is 6.71 Å². The average molecular weight is 675 g/mol. The quantitative estimate of drug-likeness (QED) is 0.168. The predicted octanol–water partition coefficient (Wildman–Crippen LogP) is 11.4. The second-order valence-corrected chi connectivity index (χ2v) is 16.2. The number of hydrogen-bond acceptors (Lipinski definition) is 4. The third-order valence-corrected chi connectivity index (χ3v) is 13.1. The maximum atomic E-state index is 2.54. The summed E-state index contributed by atoms with van der Waals surface area (Å²) in [5.41, 5.74) is 15.3. The number of nitrogens with zero attached hydrogens (tertiary/aromatic N) is 2. The van der Waals surface area contributed by atoms with Gasteiger partial charge in [0.1, 0.15) is 0 Å². The van der Waals surface area contributed by atoms with Crippen molar-refractivity contribution in [1.82, 2.24) is 0 Å². The molecule has 4 heterocycles. The van der Waals surface area contributed by atoms with Gasteiger partial charge < -0.3 is 9.80 Å². The van der Waals surface area contributed by atoms with E-state index in [9.17, 15) is 0 Å². The van der Waals surface area contributed by atoms with Crippen LogP contribution in [0, 0.1) is 20.8 Å². The molecule has 9 aromatic rings. The molecular weight excluding hydrogens is 643 g/mol. The third kappa shape index (κ3) is 3.96. The normalized spacial score (nSPS) is 13.4. The van der Waals surface area contributed by atoms with E-state index in [0.29, 0.717) is 0 Å². The topological polar surface area (TPSA) is 6.48 Å². The zero-order valence-electron chi connectivity index (χ0n) is 28.0. The Hall–Kier alpha value is -5.36. The van der Waals surface area contributed by atoms with E-state index in [0.717, 1.165) is 0 Å². The Morgan fingerprint density at radius 3 is 1.30 bits per heavy atom. The maximum Gasteiger partial charge on any atom is 0.252 e. The van der Waals surface area contributed by atoms with Crippen LogP contribution >= 0.6 is 22.7 Å². The average Bonchev–Trinajstić information content (AvgIpc) is 3.68. The molecule has 0 unspecified atom stereocenters. The minimum Gasteiger partial charge on any atom is -0.311 e. The molecular formula is C45H31BN2S2. The summed E-state index contributed by atoms with van der Waals surface area (Å²) < 4.78 is 5.36. The van der Waals surface area contributed by atoms with Gasteiger partial charge in [-0.15, -0.1) is 22.7 Å². The lowest BCUT2D eigenvalue weighted by molar-refractivity contribution is 1.24. The van der Waals surface area contributed by atoms with Crippen molar-refractivity contribution < 1.29 is 0 Å². The largest absolute Gasteiger partial charge is 0.311 e. The summed E-state index contributed by atoms with van der Waals surface area (Å²) in [5.74, 6) is 0. The van der Waals surface area contributed by atoms with E-state index in [1.54, 1.807) is 0 Å². The Bertz CT molecular complexity index is 2670. The lowest BCUT2D eigenvalue weighted by atomic mass is 9.33. The molecule has 7 aromatic carbocycles. The van der Waals surface area contributed by atoms with Crippen LogP contribution in [0.1, 0.15) is 16.7 Å². The van der Waals surface area contributed by atoms with Gasteiger partial charge in [-0.2, -0.15) is 0 Å². The second kappa shape index (κ2) is 10.3. The van der Waals surface area contributed by atoms with Gasteiger partial charge in [-0.25, -0.2) is 0 Å². The fraction of sp³-hybridized carbons (Fsp3) is 0.0667. The molecule has 0 N–H and O–H groups in total. The zero-order valence-corrected chi connectivity index (χ0v) is 29.6. The summed E-state index contributed by atoms with van der Waals surface area (Å²) in [6.07, 6.45) is 0. The minimum absolute atomic E-state index is 0.0817. The molecule has 0 saturated carbocycles. The monoisotopic (exact) mass is 674 g/mol. The highest BCUT2D eigenvalue weighted by atomic mass is 32.1. The van der Waals surface area contributed by atoms with E-state index in [4.69, 9.17) is 0 Å². The summed E-state index contributed by atoms with van der Waals surface area (Å²) in [6, 6.07) is 50.7. The molecule has 2 aromatic heterocycles. The van der Waals surface area contributed by atoms with Crippen molar-refractivity contribution in [1.29, 1.82) is 0 Å². The number of anilines is 6. The first-order chi connectivity index (χ1) is 24.5. The fourth-order valence-corrected chi connectivity index (χ4v) is 10.8. The molecule has 2 aliphatic heterocycles. The highest BCUT2D eigenvalue weighted by molar-refractivity contribution is 7.26. The lowest BCUT2D eigenvalue weighted by Gasteiger charge is -2.44. The molecule has 0 spiro atoms. The third-order valence-electron chi connectivity index (χ3n) is 10.8. The SMILES string of the molecule is Cc1ccc(N2c3cc4c(cc3B3c5cc6sc7ccccc7c6cc5N(c5ccc(C)cc5)c5cc(C)cc2c53)sc2ccccc24)cc1. The van der Waals surface area contributed by atoms with Crippen LogP contribution in [0.25, 0.3) is 40.3 Å². The number of benzene rings is 7. The van der Waals surface area contributed by atoms with Crippen molar-refractivity contribution in [2.75, 3.05) is 9.80 Å². The molecule has 0 atom stereocenters. The number of thiophene rings is 2. The van der Waals surface area contributed by atoms with Crippen molar-refractivity contribution in [3.63, 3.8) is 0 Å². The summed E-state index contributed by atoms with van der Waals surface area (Å²) in [6.45, 7) is 6.68. The molecule has 5 heteroatoms. The highest BCUT2D eigenvalue weighted by Crippen LogP contribution is 2.48. The molecule has 0 saturated heterocycles. The Kier molecular flexibility index (Phi) is 5.89. The van der Waals surface area contributed by atoms with Gasteiger partial charge in [0.25, 0.3) is 6.71 Å². The van der Waals surface area contributed by atoms with Crippen LogP contribution in [0.15, 0.2) is 133 Å². The predicted molar refractivity (Wildman–Crippen MR) is 220 cm³/mol. The Balaban J connectivity index is 1.30. The molecule has 0 amide bonds. The molecule has 2 aliphatic rings. The smallest absolute Gasteiger partial charge is 0.252 e. The molecule has 50 heavy (non-hydrogen) atoms. The van der Waals surface area contributed by atoms with Crippen LogP contribution in [-0.2, 0) is 0 Å². The zero-order chi connectivity index (χ0) is 33.2. The molecule has 0 fully saturated rings. The van der Waals surface area contributed by atoms with E-state index in [2.05, 4.69) is 164 Å².